The van der Waals surface area contributed by atoms with Gasteiger partial charge in [-0.25, -0.2) is 4.98 Å². The quantitative estimate of drug-likeness (QED) is 0.531. The van der Waals surface area contributed by atoms with Crippen molar-refractivity contribution in [1.29, 1.82) is 0 Å². The molecule has 0 unspecified atom stereocenters. The minimum absolute atomic E-state index is 0.195. The van der Waals surface area contributed by atoms with E-state index < -0.39 is 21.5 Å². The second-order valence-corrected chi connectivity index (χ2v) is 6.14. The Morgan fingerprint density at radius 3 is 2.50 bits per heavy atom. The first-order valence-electron chi connectivity index (χ1n) is 6.45. The molecule has 0 atom stereocenters. The zero-order valence-electron chi connectivity index (χ0n) is 11.7. The van der Waals surface area contributed by atoms with Crippen LogP contribution in [0.15, 0.2) is 48.9 Å². The third-order valence-corrected chi connectivity index (χ3v) is 3.97. The topological polar surface area (TPSA) is 82.0 Å². The summed E-state index contributed by atoms with van der Waals surface area (Å²) in [6, 6.07) is 7.32. The fraction of sp³-hybridized carbons (Fsp3) is 0.0714. The summed E-state index contributed by atoms with van der Waals surface area (Å²) in [5.74, 6) is -0.696. The molecule has 0 aliphatic heterocycles. The lowest BCUT2D eigenvalue weighted by atomic mass is 10.1. The number of hydrogen-bond acceptors (Lipinski definition) is 6. The van der Waals surface area contributed by atoms with Crippen LogP contribution >= 0.6 is 0 Å². The summed E-state index contributed by atoms with van der Waals surface area (Å²) >= 11 is 0. The van der Waals surface area contributed by atoms with Crippen LogP contribution in [0.1, 0.15) is 0 Å². The first-order valence-corrected chi connectivity index (χ1v) is 7.86. The number of aromatic nitrogens is 3. The molecule has 124 valence electrons. The third-order valence-electron chi connectivity index (χ3n) is 3.01. The summed E-state index contributed by atoms with van der Waals surface area (Å²) in [6.45, 7) is 0. The van der Waals surface area contributed by atoms with Gasteiger partial charge in [0.05, 0.1) is 5.52 Å². The van der Waals surface area contributed by atoms with Crippen LogP contribution in [0.4, 0.5) is 13.2 Å². The third kappa shape index (κ3) is 3.00. The van der Waals surface area contributed by atoms with E-state index in [1.54, 1.807) is 24.4 Å². The number of halogens is 3. The Labute approximate surface area is 134 Å². The van der Waals surface area contributed by atoms with Crippen molar-refractivity contribution in [3.05, 3.63) is 48.9 Å². The van der Waals surface area contributed by atoms with Crippen LogP contribution in [0.25, 0.3) is 22.2 Å². The van der Waals surface area contributed by atoms with Gasteiger partial charge in [-0.15, -0.1) is 0 Å². The molecule has 3 aromatic rings. The molecular weight excluding hydrogens is 347 g/mol. The highest BCUT2D eigenvalue weighted by Crippen LogP contribution is 2.29. The van der Waals surface area contributed by atoms with Crippen molar-refractivity contribution in [3.8, 4) is 17.0 Å². The van der Waals surface area contributed by atoms with Crippen LogP contribution in [0.5, 0.6) is 5.88 Å². The monoisotopic (exact) mass is 355 g/mol. The molecule has 3 rings (SSSR count). The lowest BCUT2D eigenvalue weighted by Gasteiger charge is -2.10. The Hall–Kier alpha value is -2.75. The maximum atomic E-state index is 12.4. The molecule has 0 spiro atoms. The highest BCUT2D eigenvalue weighted by molar-refractivity contribution is 7.87. The Bertz CT molecular complexity index is 992. The van der Waals surface area contributed by atoms with Crippen molar-refractivity contribution >= 4 is 21.2 Å². The van der Waals surface area contributed by atoms with Crippen molar-refractivity contribution in [3.63, 3.8) is 0 Å². The lowest BCUT2D eigenvalue weighted by Crippen LogP contribution is -2.28. The van der Waals surface area contributed by atoms with E-state index in [0.29, 0.717) is 16.6 Å². The number of rotatable bonds is 3. The first-order chi connectivity index (χ1) is 11.3. The van der Waals surface area contributed by atoms with Crippen LogP contribution < -0.4 is 4.18 Å². The molecule has 3 aromatic heterocycles. The average Bonchev–Trinajstić information content (AvgIpc) is 2.53. The van der Waals surface area contributed by atoms with E-state index >= 15 is 0 Å². The Morgan fingerprint density at radius 1 is 1.04 bits per heavy atom. The highest BCUT2D eigenvalue weighted by atomic mass is 32.2. The van der Waals surface area contributed by atoms with E-state index in [1.807, 2.05) is 0 Å². The Morgan fingerprint density at radius 2 is 1.83 bits per heavy atom. The van der Waals surface area contributed by atoms with E-state index in [2.05, 4.69) is 19.1 Å². The lowest BCUT2D eigenvalue weighted by molar-refractivity contribution is -0.0501. The summed E-state index contributed by atoms with van der Waals surface area (Å²) in [6.07, 6.45) is 4.60. The fourth-order valence-corrected chi connectivity index (χ4v) is 2.38. The number of nitrogens with zero attached hydrogens (tertiary/aromatic N) is 3. The van der Waals surface area contributed by atoms with Gasteiger partial charge in [0.25, 0.3) is 0 Å². The second-order valence-electron chi connectivity index (χ2n) is 4.60. The van der Waals surface area contributed by atoms with Gasteiger partial charge in [0.1, 0.15) is 5.52 Å². The van der Waals surface area contributed by atoms with Crippen LogP contribution in [0.3, 0.4) is 0 Å². The SMILES string of the molecule is O=S(=O)(Oc1ccc2nccc(-c3cccnc3)c2n1)C(F)(F)F. The van der Waals surface area contributed by atoms with Gasteiger partial charge in [0.15, 0.2) is 0 Å². The summed E-state index contributed by atoms with van der Waals surface area (Å²) in [7, 11) is -5.79. The molecule has 0 aliphatic rings. The molecule has 0 aromatic carbocycles. The van der Waals surface area contributed by atoms with E-state index in [-0.39, 0.29) is 5.52 Å². The number of pyridine rings is 3. The first kappa shape index (κ1) is 16.1. The van der Waals surface area contributed by atoms with Crippen molar-refractivity contribution < 1.29 is 25.8 Å². The predicted octanol–water partition coefficient (Wildman–Crippen LogP) is 2.92. The number of hydrogen-bond donors (Lipinski definition) is 0. The van der Waals surface area contributed by atoms with Crippen molar-refractivity contribution in [2.24, 2.45) is 0 Å². The van der Waals surface area contributed by atoms with Crippen LogP contribution in [0, 0.1) is 0 Å². The normalized spacial score (nSPS) is 12.3. The zero-order valence-corrected chi connectivity index (χ0v) is 12.5. The van der Waals surface area contributed by atoms with Crippen LogP contribution in [-0.4, -0.2) is 28.9 Å². The molecule has 0 fully saturated rings. The maximum Gasteiger partial charge on any atom is 0.534 e. The molecule has 0 saturated carbocycles. The molecule has 0 amide bonds. The molecule has 10 heteroatoms. The molecule has 0 aliphatic carbocycles. The summed E-state index contributed by atoms with van der Waals surface area (Å²) < 4.78 is 63.5. The maximum absolute atomic E-state index is 12.4. The van der Waals surface area contributed by atoms with Gasteiger partial charge >= 0.3 is 15.6 Å². The highest BCUT2D eigenvalue weighted by Gasteiger charge is 2.48. The summed E-state index contributed by atoms with van der Waals surface area (Å²) in [5, 5.41) is 0. The van der Waals surface area contributed by atoms with Gasteiger partial charge in [-0.3, -0.25) is 9.97 Å². The van der Waals surface area contributed by atoms with Gasteiger partial charge in [-0.2, -0.15) is 21.6 Å². The smallest absolute Gasteiger partial charge is 0.355 e. The van der Waals surface area contributed by atoms with E-state index in [4.69, 9.17) is 0 Å². The number of fused-ring (bicyclic) bond motifs is 1. The summed E-state index contributed by atoms with van der Waals surface area (Å²) in [5.41, 5.74) is -3.80. The average molecular weight is 355 g/mol. The molecule has 0 saturated heterocycles. The Kier molecular flexibility index (Phi) is 3.84. The van der Waals surface area contributed by atoms with Gasteiger partial charge in [-0.05, 0) is 18.2 Å². The van der Waals surface area contributed by atoms with E-state index in [1.165, 1.54) is 18.5 Å². The van der Waals surface area contributed by atoms with Crippen molar-refractivity contribution in [1.82, 2.24) is 15.0 Å². The predicted molar refractivity (Wildman–Crippen MR) is 78.4 cm³/mol. The molecular formula is C14H8F3N3O3S. The minimum Gasteiger partial charge on any atom is -0.355 e. The minimum atomic E-state index is -5.79. The zero-order chi connectivity index (χ0) is 17.4. The van der Waals surface area contributed by atoms with Crippen molar-refractivity contribution in [2.75, 3.05) is 0 Å². The molecule has 0 radical (unpaired) electrons. The van der Waals surface area contributed by atoms with E-state index in [9.17, 15) is 21.6 Å². The molecule has 24 heavy (non-hydrogen) atoms. The van der Waals surface area contributed by atoms with Crippen molar-refractivity contribution in [2.45, 2.75) is 5.51 Å². The molecule has 6 nitrogen and oxygen atoms in total. The largest absolute Gasteiger partial charge is 0.534 e. The molecule has 0 bridgehead atoms. The van der Waals surface area contributed by atoms with Gasteiger partial charge in [0.2, 0.25) is 5.88 Å². The molecule has 0 N–H and O–H groups in total. The Balaban J connectivity index is 2.11. The molecule has 3 heterocycles. The second kappa shape index (κ2) is 5.71. The van der Waals surface area contributed by atoms with E-state index in [0.717, 1.165) is 6.07 Å². The van der Waals surface area contributed by atoms with Crippen LogP contribution in [-0.2, 0) is 10.1 Å². The number of alkyl halides is 3. The van der Waals surface area contributed by atoms with Gasteiger partial charge in [-0.1, -0.05) is 6.07 Å². The standard InChI is InChI=1S/C14H8F3N3O3S/c15-14(16,17)24(21,22)23-12-4-3-11-13(20-12)10(5-7-19-11)9-2-1-6-18-8-9/h1-8H. The summed E-state index contributed by atoms with van der Waals surface area (Å²) in [4.78, 5) is 11.9. The van der Waals surface area contributed by atoms with Crippen LogP contribution in [0.2, 0.25) is 0 Å². The fourth-order valence-electron chi connectivity index (χ4n) is 1.97. The van der Waals surface area contributed by atoms with Gasteiger partial charge in [0, 0.05) is 35.8 Å². The van der Waals surface area contributed by atoms with Gasteiger partial charge < -0.3 is 4.18 Å².